The Balaban J connectivity index is 2.07. The van der Waals surface area contributed by atoms with Crippen molar-refractivity contribution in [3.63, 3.8) is 0 Å². The Morgan fingerprint density at radius 2 is 1.67 bits per heavy atom. The van der Waals surface area contributed by atoms with Crippen molar-refractivity contribution in [3.8, 4) is 5.69 Å². The van der Waals surface area contributed by atoms with Gasteiger partial charge >= 0.3 is 0 Å². The summed E-state index contributed by atoms with van der Waals surface area (Å²) in [7, 11) is 0. The Labute approximate surface area is 156 Å². The van der Waals surface area contributed by atoms with Crippen LogP contribution in [0, 0.1) is 6.92 Å². The number of hydrogen-bond acceptors (Lipinski definition) is 4. The van der Waals surface area contributed by atoms with Crippen LogP contribution in [0.15, 0.2) is 77.6 Å². The third-order valence-corrected chi connectivity index (χ3v) is 4.41. The van der Waals surface area contributed by atoms with E-state index in [1.54, 1.807) is 6.07 Å². The van der Waals surface area contributed by atoms with E-state index in [9.17, 15) is 9.90 Å². The molecule has 0 saturated carbocycles. The van der Waals surface area contributed by atoms with E-state index in [4.69, 9.17) is 0 Å². The maximum Gasteiger partial charge on any atom is 0.193 e. The van der Waals surface area contributed by atoms with Gasteiger partial charge in [-0.3, -0.25) is 14.3 Å². The van der Waals surface area contributed by atoms with Crippen molar-refractivity contribution in [2.45, 2.75) is 13.5 Å². The number of rotatable bonds is 4. The van der Waals surface area contributed by atoms with Crippen LogP contribution < -0.4 is 10.7 Å². The predicted octanol–water partition coefficient (Wildman–Crippen LogP) is 3.93. The first kappa shape index (κ1) is 17.0. The van der Waals surface area contributed by atoms with Gasteiger partial charge in [0.05, 0.1) is 23.2 Å². The molecular weight excluding hydrogens is 338 g/mol. The van der Waals surface area contributed by atoms with Crippen LogP contribution in [-0.4, -0.2) is 14.7 Å². The lowest BCUT2D eigenvalue weighted by Gasteiger charge is -2.19. The van der Waals surface area contributed by atoms with Crippen molar-refractivity contribution in [2.24, 2.45) is 0 Å². The third kappa shape index (κ3) is 3.20. The average Bonchev–Trinajstić information content (AvgIpc) is 2.68. The van der Waals surface area contributed by atoms with Crippen molar-refractivity contribution in [1.29, 1.82) is 0 Å². The molecule has 0 spiro atoms. The highest BCUT2D eigenvalue weighted by Gasteiger charge is 2.15. The van der Waals surface area contributed by atoms with E-state index in [0.717, 1.165) is 17.1 Å². The van der Waals surface area contributed by atoms with Gasteiger partial charge in [-0.1, -0.05) is 36.4 Å². The molecule has 5 nitrogen and oxygen atoms in total. The first-order chi connectivity index (χ1) is 13.2. The maximum absolute atomic E-state index is 12.9. The molecule has 0 bridgehead atoms. The molecule has 0 radical (unpaired) electrons. The highest BCUT2D eigenvalue weighted by molar-refractivity contribution is 5.86. The highest BCUT2D eigenvalue weighted by Crippen LogP contribution is 2.26. The van der Waals surface area contributed by atoms with Gasteiger partial charge in [0.1, 0.15) is 5.82 Å². The second-order valence-electron chi connectivity index (χ2n) is 6.32. The van der Waals surface area contributed by atoms with E-state index < -0.39 is 0 Å². The molecule has 2 N–H and O–H groups in total. The molecule has 2 aromatic heterocycles. The number of aromatic nitrogens is 2. The molecule has 0 fully saturated rings. The number of nitrogens with zero attached hydrogens (tertiary/aromatic N) is 2. The molecule has 2 heterocycles. The van der Waals surface area contributed by atoms with Crippen molar-refractivity contribution < 1.29 is 5.11 Å². The van der Waals surface area contributed by atoms with E-state index in [2.05, 4.69) is 10.3 Å². The molecule has 0 aliphatic heterocycles. The van der Waals surface area contributed by atoms with Crippen LogP contribution in [0.2, 0.25) is 0 Å². The summed E-state index contributed by atoms with van der Waals surface area (Å²) in [5.41, 5.74) is 3.47. The highest BCUT2D eigenvalue weighted by atomic mass is 16.3. The molecule has 0 saturated heterocycles. The molecule has 134 valence electrons. The summed E-state index contributed by atoms with van der Waals surface area (Å²) in [6.07, 6.45) is 0. The summed E-state index contributed by atoms with van der Waals surface area (Å²) >= 11 is 0. The number of nitrogens with one attached hydrogen (secondary N) is 1. The first-order valence-electron chi connectivity index (χ1n) is 8.72. The smallest absolute Gasteiger partial charge is 0.193 e. The first-order valence-corrected chi connectivity index (χ1v) is 8.72. The lowest BCUT2D eigenvalue weighted by molar-refractivity contribution is 0.278. The van der Waals surface area contributed by atoms with Gasteiger partial charge in [-0.05, 0) is 37.3 Å². The number of aliphatic hydroxyl groups is 1. The molecule has 4 aromatic rings. The molecule has 0 unspecified atom stereocenters. The molecule has 0 amide bonds. The number of para-hydroxylation sites is 2. The average molecular weight is 357 g/mol. The van der Waals surface area contributed by atoms with E-state index in [1.807, 2.05) is 78.2 Å². The SMILES string of the molecule is Cc1cc2c(c(CO)n1)c(=O)cc(Nc1ccccc1)n2-c1ccccc1. The number of fused-ring (bicyclic) bond motifs is 1. The molecule has 0 aliphatic rings. The Morgan fingerprint density at radius 3 is 2.33 bits per heavy atom. The normalized spacial score (nSPS) is 10.9. The number of anilines is 2. The van der Waals surface area contributed by atoms with Gasteiger partial charge in [-0.25, -0.2) is 0 Å². The van der Waals surface area contributed by atoms with Crippen LogP contribution >= 0.6 is 0 Å². The second-order valence-corrected chi connectivity index (χ2v) is 6.32. The second kappa shape index (κ2) is 7.05. The predicted molar refractivity (Wildman–Crippen MR) is 108 cm³/mol. The van der Waals surface area contributed by atoms with Gasteiger partial charge in [0.15, 0.2) is 5.43 Å². The number of aryl methyl sites for hydroxylation is 1. The van der Waals surface area contributed by atoms with Gasteiger partial charge < -0.3 is 10.4 Å². The fourth-order valence-electron chi connectivity index (χ4n) is 3.29. The summed E-state index contributed by atoms with van der Waals surface area (Å²) < 4.78 is 1.98. The van der Waals surface area contributed by atoms with Crippen LogP contribution in [0.25, 0.3) is 16.6 Å². The lowest BCUT2D eigenvalue weighted by Crippen LogP contribution is -2.15. The van der Waals surface area contributed by atoms with Crippen LogP contribution in [0.1, 0.15) is 11.4 Å². The molecule has 2 aromatic carbocycles. The Kier molecular flexibility index (Phi) is 4.44. The Bertz CT molecular complexity index is 1150. The number of benzene rings is 2. The van der Waals surface area contributed by atoms with E-state index >= 15 is 0 Å². The van der Waals surface area contributed by atoms with Gasteiger partial charge in [0, 0.05) is 23.1 Å². The Morgan fingerprint density at radius 1 is 1.00 bits per heavy atom. The van der Waals surface area contributed by atoms with Crippen molar-refractivity contribution >= 4 is 22.4 Å². The molecular formula is C22H19N3O2. The monoisotopic (exact) mass is 357 g/mol. The van der Waals surface area contributed by atoms with Crippen LogP contribution in [0.5, 0.6) is 0 Å². The van der Waals surface area contributed by atoms with E-state index in [-0.39, 0.29) is 12.0 Å². The standard InChI is InChI=1S/C22H19N3O2/c1-15-12-19-22(18(14-26)23-15)20(27)13-21(24-16-8-4-2-5-9-16)25(19)17-10-6-3-7-11-17/h2-13,24,26H,14H2,1H3. The fraction of sp³-hybridized carbons (Fsp3) is 0.0909. The van der Waals surface area contributed by atoms with Crippen LogP contribution in [0.3, 0.4) is 0 Å². The van der Waals surface area contributed by atoms with Crippen LogP contribution in [-0.2, 0) is 6.61 Å². The molecule has 0 aliphatic carbocycles. The summed E-state index contributed by atoms with van der Waals surface area (Å²) in [5, 5.41) is 13.5. The minimum absolute atomic E-state index is 0.174. The zero-order chi connectivity index (χ0) is 18.8. The molecule has 4 rings (SSSR count). The number of pyridine rings is 2. The fourth-order valence-corrected chi connectivity index (χ4v) is 3.29. The van der Waals surface area contributed by atoms with E-state index in [1.165, 1.54) is 0 Å². The zero-order valence-electron chi connectivity index (χ0n) is 14.9. The number of hydrogen-bond donors (Lipinski definition) is 2. The molecule has 27 heavy (non-hydrogen) atoms. The largest absolute Gasteiger partial charge is 0.390 e. The summed E-state index contributed by atoms with van der Waals surface area (Å²) in [4.78, 5) is 17.2. The van der Waals surface area contributed by atoms with Gasteiger partial charge in [0.25, 0.3) is 0 Å². The molecule has 5 heteroatoms. The van der Waals surface area contributed by atoms with Crippen molar-refractivity contribution in [1.82, 2.24) is 9.55 Å². The molecule has 0 atom stereocenters. The maximum atomic E-state index is 12.9. The van der Waals surface area contributed by atoms with Crippen molar-refractivity contribution in [2.75, 3.05) is 5.32 Å². The summed E-state index contributed by atoms with van der Waals surface area (Å²) in [6, 6.07) is 22.9. The van der Waals surface area contributed by atoms with Gasteiger partial charge in [-0.15, -0.1) is 0 Å². The van der Waals surface area contributed by atoms with Crippen LogP contribution in [0.4, 0.5) is 11.5 Å². The zero-order valence-corrected chi connectivity index (χ0v) is 14.9. The van der Waals surface area contributed by atoms with E-state index in [0.29, 0.717) is 22.4 Å². The van der Waals surface area contributed by atoms with Gasteiger partial charge in [-0.2, -0.15) is 0 Å². The Hall–Kier alpha value is -3.44. The minimum atomic E-state index is -0.284. The quantitative estimate of drug-likeness (QED) is 0.581. The summed E-state index contributed by atoms with van der Waals surface area (Å²) in [5.74, 6) is 0.652. The van der Waals surface area contributed by atoms with Gasteiger partial charge in [0.2, 0.25) is 0 Å². The lowest BCUT2D eigenvalue weighted by atomic mass is 10.1. The minimum Gasteiger partial charge on any atom is -0.390 e. The number of aliphatic hydroxyl groups excluding tert-OH is 1. The van der Waals surface area contributed by atoms with Crippen molar-refractivity contribution in [3.05, 3.63) is 94.4 Å². The summed E-state index contributed by atoms with van der Waals surface area (Å²) in [6.45, 7) is 1.57. The third-order valence-electron chi connectivity index (χ3n) is 4.41. The topological polar surface area (TPSA) is 67.2 Å².